The van der Waals surface area contributed by atoms with E-state index in [-0.39, 0.29) is 5.82 Å². The number of H-pyrrole nitrogens is 1. The van der Waals surface area contributed by atoms with Crippen LogP contribution >= 0.6 is 11.3 Å². The summed E-state index contributed by atoms with van der Waals surface area (Å²) in [5, 5.41) is 0. The Bertz CT molecular complexity index is 1400. The number of thiophene rings is 1. The number of imidazole rings is 1. The number of nitrogens with two attached hydrogens (primary N) is 1. The number of nitrogens with one attached hydrogen (secondary N) is 1. The maximum atomic E-state index is 14.5. The summed E-state index contributed by atoms with van der Waals surface area (Å²) < 4.78 is 14.5. The predicted molar refractivity (Wildman–Crippen MR) is 129 cm³/mol. The number of aromatic nitrogens is 4. The standard InChI is InChI=1S/C23H18FN5S.C2H2/c1-13-4-5-20(30-13)16-6-8-27-23-22(16)28-21(29-23)10-15-9-17(18(24)11-19(15)25)14-3-2-7-26-12-14;1-2/h2-9,11-12H,10,25H2,1H3,(H,27,28,29);1-2H. The van der Waals surface area contributed by atoms with Crippen molar-refractivity contribution in [2.24, 2.45) is 0 Å². The lowest BCUT2D eigenvalue weighted by Crippen LogP contribution is -2.00. The fraction of sp³-hybridized carbons (Fsp3) is 0.0800. The van der Waals surface area contributed by atoms with E-state index in [0.29, 0.717) is 28.9 Å². The highest BCUT2D eigenvalue weighted by Gasteiger charge is 2.15. The lowest BCUT2D eigenvalue weighted by atomic mass is 10.0. The van der Waals surface area contributed by atoms with E-state index in [1.165, 1.54) is 10.9 Å². The van der Waals surface area contributed by atoms with E-state index in [0.717, 1.165) is 27.3 Å². The summed E-state index contributed by atoms with van der Waals surface area (Å²) in [6.45, 7) is 2.09. The summed E-state index contributed by atoms with van der Waals surface area (Å²) in [6.07, 6.45) is 13.5. The van der Waals surface area contributed by atoms with Gasteiger partial charge < -0.3 is 10.7 Å². The zero-order valence-electron chi connectivity index (χ0n) is 17.3. The van der Waals surface area contributed by atoms with Gasteiger partial charge in [0, 0.05) is 57.1 Å². The zero-order valence-corrected chi connectivity index (χ0v) is 18.2. The highest BCUT2D eigenvalue weighted by Crippen LogP contribution is 2.33. The van der Waals surface area contributed by atoms with Crippen molar-refractivity contribution >= 4 is 28.2 Å². The second kappa shape index (κ2) is 9.00. The molecule has 0 fully saturated rings. The molecule has 0 saturated heterocycles. The van der Waals surface area contributed by atoms with Gasteiger partial charge in [0.15, 0.2) is 5.65 Å². The Hall–Kier alpha value is -4.02. The van der Waals surface area contributed by atoms with Crippen LogP contribution in [0.3, 0.4) is 0 Å². The highest BCUT2D eigenvalue weighted by molar-refractivity contribution is 7.15. The number of halogens is 1. The lowest BCUT2D eigenvalue weighted by molar-refractivity contribution is 0.631. The number of benzene rings is 1. The SMILES string of the molecule is C#C.Cc1ccc(-c2ccnc3nc(Cc4cc(-c5cccnc5)c(F)cc4N)[nH]c23)s1. The van der Waals surface area contributed by atoms with Gasteiger partial charge in [-0.05, 0) is 48.9 Å². The first-order valence-corrected chi connectivity index (χ1v) is 10.6. The first-order valence-electron chi connectivity index (χ1n) is 9.80. The largest absolute Gasteiger partial charge is 0.398 e. The first kappa shape index (κ1) is 21.2. The van der Waals surface area contributed by atoms with E-state index in [9.17, 15) is 4.39 Å². The third-order valence-corrected chi connectivity index (χ3v) is 6.04. The summed E-state index contributed by atoms with van der Waals surface area (Å²) in [4.78, 5) is 18.9. The second-order valence-corrected chi connectivity index (χ2v) is 8.39. The quantitative estimate of drug-likeness (QED) is 0.280. The lowest BCUT2D eigenvalue weighted by Gasteiger charge is -2.09. The maximum absolute atomic E-state index is 14.5. The highest BCUT2D eigenvalue weighted by atomic mass is 32.1. The molecule has 0 amide bonds. The third-order valence-electron chi connectivity index (χ3n) is 5.01. The van der Waals surface area contributed by atoms with E-state index in [1.807, 2.05) is 12.1 Å². The number of terminal acetylenes is 1. The minimum absolute atomic E-state index is 0.370. The van der Waals surface area contributed by atoms with Gasteiger partial charge in [-0.3, -0.25) is 4.98 Å². The van der Waals surface area contributed by atoms with Gasteiger partial charge >= 0.3 is 0 Å². The van der Waals surface area contributed by atoms with Crippen molar-refractivity contribution in [3.63, 3.8) is 0 Å². The number of nitrogens with zero attached hydrogens (tertiary/aromatic N) is 3. The summed E-state index contributed by atoms with van der Waals surface area (Å²) in [7, 11) is 0. The number of anilines is 1. The average Bonchev–Trinajstić information content (AvgIpc) is 3.43. The summed E-state index contributed by atoms with van der Waals surface area (Å²) in [6, 6.07) is 12.9. The van der Waals surface area contributed by atoms with Gasteiger partial charge in [0.25, 0.3) is 0 Å². The Morgan fingerprint density at radius 3 is 2.66 bits per heavy atom. The summed E-state index contributed by atoms with van der Waals surface area (Å²) in [5.41, 5.74) is 11.1. The molecule has 0 radical (unpaired) electrons. The number of aromatic amines is 1. The molecule has 5 aromatic rings. The van der Waals surface area contributed by atoms with Crippen LogP contribution in [0.15, 0.2) is 61.1 Å². The van der Waals surface area contributed by atoms with Gasteiger partial charge in [-0.1, -0.05) is 6.07 Å². The number of aryl methyl sites for hydroxylation is 1. The van der Waals surface area contributed by atoms with E-state index in [2.05, 4.69) is 51.8 Å². The number of nitrogen functional groups attached to an aromatic ring is 1. The molecule has 7 heteroatoms. The number of pyridine rings is 2. The topological polar surface area (TPSA) is 80.5 Å². The first-order chi connectivity index (χ1) is 15.6. The molecule has 158 valence electrons. The maximum Gasteiger partial charge on any atom is 0.178 e. The fourth-order valence-corrected chi connectivity index (χ4v) is 4.44. The number of hydrogen-bond acceptors (Lipinski definition) is 5. The Morgan fingerprint density at radius 2 is 1.94 bits per heavy atom. The molecular formula is C25H20FN5S. The minimum atomic E-state index is -0.370. The average molecular weight is 442 g/mol. The second-order valence-electron chi connectivity index (χ2n) is 7.10. The van der Waals surface area contributed by atoms with Crippen LogP contribution in [-0.2, 0) is 6.42 Å². The third kappa shape index (κ3) is 4.09. The molecule has 0 spiro atoms. The van der Waals surface area contributed by atoms with E-state index < -0.39 is 0 Å². The van der Waals surface area contributed by atoms with Crippen molar-refractivity contribution in [2.45, 2.75) is 13.3 Å². The van der Waals surface area contributed by atoms with Gasteiger partial charge in [-0.15, -0.1) is 24.2 Å². The molecule has 0 atom stereocenters. The van der Waals surface area contributed by atoms with Crippen molar-refractivity contribution in [3.8, 4) is 34.4 Å². The smallest absolute Gasteiger partial charge is 0.178 e. The van der Waals surface area contributed by atoms with Gasteiger partial charge in [-0.25, -0.2) is 14.4 Å². The number of hydrogen-bond donors (Lipinski definition) is 2. The van der Waals surface area contributed by atoms with Crippen LogP contribution in [-0.4, -0.2) is 19.9 Å². The van der Waals surface area contributed by atoms with Gasteiger partial charge in [-0.2, -0.15) is 0 Å². The van der Waals surface area contributed by atoms with E-state index >= 15 is 0 Å². The van der Waals surface area contributed by atoms with Crippen molar-refractivity contribution < 1.29 is 4.39 Å². The van der Waals surface area contributed by atoms with Crippen LogP contribution in [0.1, 0.15) is 16.3 Å². The Kier molecular flexibility index (Phi) is 5.97. The molecule has 0 aliphatic heterocycles. The predicted octanol–water partition coefficient (Wildman–Crippen LogP) is 5.62. The van der Waals surface area contributed by atoms with Crippen molar-refractivity contribution in [3.05, 3.63) is 83.1 Å². The summed E-state index contributed by atoms with van der Waals surface area (Å²) >= 11 is 1.73. The molecule has 4 aromatic heterocycles. The molecule has 0 bridgehead atoms. The number of fused-ring (bicyclic) bond motifs is 1. The number of rotatable bonds is 4. The molecule has 32 heavy (non-hydrogen) atoms. The van der Waals surface area contributed by atoms with Crippen LogP contribution in [0.5, 0.6) is 0 Å². The molecule has 1 aromatic carbocycles. The molecule has 3 N–H and O–H groups in total. The van der Waals surface area contributed by atoms with Crippen molar-refractivity contribution in [1.82, 2.24) is 19.9 Å². The molecule has 0 saturated carbocycles. The Labute approximate surface area is 189 Å². The molecule has 5 rings (SSSR count). The minimum Gasteiger partial charge on any atom is -0.398 e. The van der Waals surface area contributed by atoms with Crippen LogP contribution in [0.25, 0.3) is 32.7 Å². The molecule has 5 nitrogen and oxygen atoms in total. The van der Waals surface area contributed by atoms with E-state index in [1.54, 1.807) is 42.1 Å². The monoisotopic (exact) mass is 441 g/mol. The molecule has 0 unspecified atom stereocenters. The normalized spacial score (nSPS) is 10.6. The molecule has 0 aliphatic carbocycles. The molecular weight excluding hydrogens is 421 g/mol. The van der Waals surface area contributed by atoms with Crippen LogP contribution in [0, 0.1) is 25.6 Å². The Balaban J connectivity index is 0.00000119. The zero-order chi connectivity index (χ0) is 22.7. The van der Waals surface area contributed by atoms with Gasteiger partial charge in [0.05, 0.1) is 5.52 Å². The summed E-state index contributed by atoms with van der Waals surface area (Å²) in [5.74, 6) is 0.361. The van der Waals surface area contributed by atoms with Crippen LogP contribution in [0.2, 0.25) is 0 Å². The van der Waals surface area contributed by atoms with Crippen LogP contribution < -0.4 is 5.73 Å². The Morgan fingerprint density at radius 1 is 1.09 bits per heavy atom. The fourth-order valence-electron chi connectivity index (χ4n) is 3.54. The van der Waals surface area contributed by atoms with E-state index in [4.69, 9.17) is 5.73 Å². The molecule has 4 heterocycles. The van der Waals surface area contributed by atoms with Crippen molar-refractivity contribution in [1.29, 1.82) is 0 Å². The molecule has 0 aliphatic rings. The van der Waals surface area contributed by atoms with Crippen LogP contribution in [0.4, 0.5) is 10.1 Å². The van der Waals surface area contributed by atoms with Gasteiger partial charge in [0.1, 0.15) is 11.6 Å². The van der Waals surface area contributed by atoms with Gasteiger partial charge in [0.2, 0.25) is 0 Å². The van der Waals surface area contributed by atoms with Crippen molar-refractivity contribution in [2.75, 3.05) is 5.73 Å².